The Balaban J connectivity index is 1.12. The van der Waals surface area contributed by atoms with E-state index in [1.54, 1.807) is 0 Å². The highest BCUT2D eigenvalue weighted by Crippen LogP contribution is 2.52. The number of nitrogens with one attached hydrogen (secondary N) is 1. The van der Waals surface area contributed by atoms with E-state index in [-0.39, 0.29) is 30.5 Å². The maximum absolute atomic E-state index is 14.8. The number of pyridine rings is 1. The smallest absolute Gasteiger partial charge is 0.320 e. The lowest BCUT2D eigenvalue weighted by Crippen LogP contribution is -2.58. The van der Waals surface area contributed by atoms with Gasteiger partial charge in [-0.05, 0) is 117 Å². The zero-order valence-corrected chi connectivity index (χ0v) is 30.0. The van der Waals surface area contributed by atoms with Crippen LogP contribution in [0.5, 0.6) is 0 Å². The molecule has 0 atom stereocenters. The molecule has 1 amide bonds. The largest absolute Gasteiger partial charge is 0.459 e. The quantitative estimate of drug-likeness (QED) is 0.280. The van der Waals surface area contributed by atoms with E-state index in [1.807, 2.05) is 27.1 Å². The molecule has 0 unspecified atom stereocenters. The van der Waals surface area contributed by atoms with E-state index in [0.29, 0.717) is 38.0 Å². The minimum absolute atomic E-state index is 0.204. The van der Waals surface area contributed by atoms with Crippen molar-refractivity contribution in [2.45, 2.75) is 128 Å². The average molecular weight is 668 g/mol. The molecule has 5 heterocycles. The standard InChI is InChI=1S/C39H53N7O3/c1-25(2)45-24-40-32-22-31(42-36(35(32)45)41-27-10-11-27)26-9-12-30-33(19-26)46(29-20-28(21-29)44-15-7-6-8-16-44)37(48)39(30)13-17-43(18-14-39)23-34(47)49-38(3,4)5/h9,12,19,22,24-25,27-29H,6-8,10-11,13-18,20-21,23H2,1-5H3,(H,41,42)/t28-,29+. The molecule has 2 saturated heterocycles. The number of ether oxygens (including phenoxy) is 1. The maximum Gasteiger partial charge on any atom is 0.320 e. The van der Waals surface area contributed by atoms with E-state index in [1.165, 1.54) is 32.4 Å². The van der Waals surface area contributed by atoms with Gasteiger partial charge in [-0.3, -0.25) is 14.5 Å². The monoisotopic (exact) mass is 667 g/mol. The van der Waals surface area contributed by atoms with Crippen LogP contribution in [-0.2, 0) is 19.7 Å². The van der Waals surface area contributed by atoms with Gasteiger partial charge in [0.15, 0.2) is 5.82 Å². The minimum atomic E-state index is -0.569. The van der Waals surface area contributed by atoms with Crippen molar-refractivity contribution < 1.29 is 14.3 Å². The van der Waals surface area contributed by atoms with Crippen LogP contribution >= 0.6 is 0 Å². The van der Waals surface area contributed by atoms with Crippen LogP contribution in [0, 0.1) is 0 Å². The zero-order valence-electron chi connectivity index (χ0n) is 30.0. The van der Waals surface area contributed by atoms with Gasteiger partial charge in [-0.2, -0.15) is 0 Å². The summed E-state index contributed by atoms with van der Waals surface area (Å²) >= 11 is 0. The number of carbonyl (C=O) groups excluding carboxylic acids is 2. The molecule has 4 fully saturated rings. The van der Waals surface area contributed by atoms with Gasteiger partial charge in [-0.15, -0.1) is 0 Å². The van der Waals surface area contributed by atoms with Crippen LogP contribution in [-0.4, -0.2) is 92.7 Å². The fraction of sp³-hybridized carbons (Fsp3) is 0.641. The Bertz CT molecular complexity index is 1730. The van der Waals surface area contributed by atoms with Gasteiger partial charge in [0.2, 0.25) is 5.91 Å². The van der Waals surface area contributed by atoms with E-state index < -0.39 is 11.0 Å². The summed E-state index contributed by atoms with van der Waals surface area (Å²) in [6.07, 6.45) is 11.6. The summed E-state index contributed by atoms with van der Waals surface area (Å²) in [6, 6.07) is 10.2. The SMILES string of the molecule is CC(C)n1cnc2cc(-c3ccc4c(c3)N([C@H]3C[C@@H](N5CCCCC5)C3)C(=O)C43CCN(CC(=O)OC(C)(C)C)CC3)nc(NC3CC3)c21. The number of piperidine rings is 2. The van der Waals surface area contributed by atoms with E-state index in [2.05, 4.69) is 62.7 Å². The first kappa shape index (κ1) is 32.7. The number of hydrogen-bond acceptors (Lipinski definition) is 8. The van der Waals surface area contributed by atoms with Crippen molar-refractivity contribution in [1.29, 1.82) is 0 Å². The first-order valence-electron chi connectivity index (χ1n) is 18.8. The second-order valence-corrected chi connectivity index (χ2v) is 16.6. The van der Waals surface area contributed by atoms with E-state index in [4.69, 9.17) is 14.7 Å². The number of likely N-dealkylation sites (tertiary alicyclic amines) is 2. The summed E-state index contributed by atoms with van der Waals surface area (Å²) in [7, 11) is 0. The van der Waals surface area contributed by atoms with Gasteiger partial charge >= 0.3 is 5.97 Å². The van der Waals surface area contributed by atoms with Crippen molar-refractivity contribution >= 4 is 34.4 Å². The third-order valence-electron chi connectivity index (χ3n) is 11.6. The van der Waals surface area contributed by atoms with Crippen molar-refractivity contribution in [2.75, 3.05) is 42.9 Å². The number of benzene rings is 1. The van der Waals surface area contributed by atoms with Crippen LogP contribution in [0.1, 0.15) is 104 Å². The Morgan fingerprint density at radius 1 is 1.02 bits per heavy atom. The van der Waals surface area contributed by atoms with Gasteiger partial charge in [0.1, 0.15) is 11.1 Å². The number of rotatable bonds is 8. The highest BCUT2D eigenvalue weighted by molar-refractivity contribution is 6.09. The predicted octanol–water partition coefficient (Wildman–Crippen LogP) is 6.29. The molecule has 10 nitrogen and oxygen atoms in total. The number of fused-ring (bicyclic) bond motifs is 3. The number of amides is 1. The van der Waals surface area contributed by atoms with E-state index >= 15 is 0 Å². The number of carbonyl (C=O) groups is 2. The fourth-order valence-corrected chi connectivity index (χ4v) is 8.72. The average Bonchev–Trinajstić information content (AvgIpc) is 3.70. The normalized spacial score (nSPS) is 24.4. The summed E-state index contributed by atoms with van der Waals surface area (Å²) in [5, 5.41) is 3.69. The second kappa shape index (κ2) is 12.4. The summed E-state index contributed by atoms with van der Waals surface area (Å²) in [5.41, 5.74) is 5.00. The van der Waals surface area contributed by atoms with Gasteiger partial charge in [0, 0.05) is 48.5 Å². The van der Waals surface area contributed by atoms with Gasteiger partial charge < -0.3 is 24.4 Å². The molecule has 1 spiro atoms. The zero-order chi connectivity index (χ0) is 34.1. The van der Waals surface area contributed by atoms with E-state index in [9.17, 15) is 9.59 Å². The number of nitrogens with zero attached hydrogens (tertiary/aromatic N) is 6. The van der Waals surface area contributed by atoms with Crippen molar-refractivity contribution in [3.8, 4) is 11.3 Å². The van der Waals surface area contributed by atoms with Crippen LogP contribution in [0.3, 0.4) is 0 Å². The fourth-order valence-electron chi connectivity index (χ4n) is 8.72. The summed E-state index contributed by atoms with van der Waals surface area (Å²) in [5.74, 6) is 0.935. The third kappa shape index (κ3) is 6.13. The Morgan fingerprint density at radius 3 is 2.43 bits per heavy atom. The number of imidazole rings is 1. The molecule has 0 radical (unpaired) electrons. The second-order valence-electron chi connectivity index (χ2n) is 16.6. The van der Waals surface area contributed by atoms with Crippen LogP contribution in [0.15, 0.2) is 30.6 Å². The molecule has 262 valence electrons. The number of hydrogen-bond donors (Lipinski definition) is 1. The lowest BCUT2D eigenvalue weighted by atomic mass is 9.73. The van der Waals surface area contributed by atoms with Gasteiger partial charge in [0.05, 0.1) is 29.5 Å². The molecular formula is C39H53N7O3. The van der Waals surface area contributed by atoms with Crippen molar-refractivity contribution in [3.63, 3.8) is 0 Å². The molecule has 3 aromatic rings. The molecule has 10 heteroatoms. The van der Waals surface area contributed by atoms with Crippen LogP contribution in [0.2, 0.25) is 0 Å². The van der Waals surface area contributed by atoms with Gasteiger partial charge in [-0.1, -0.05) is 18.6 Å². The molecular weight excluding hydrogens is 614 g/mol. The van der Waals surface area contributed by atoms with Crippen LogP contribution in [0.4, 0.5) is 11.5 Å². The number of aromatic nitrogens is 3. The highest BCUT2D eigenvalue weighted by atomic mass is 16.6. The summed E-state index contributed by atoms with van der Waals surface area (Å²) in [6.45, 7) is 14.1. The Morgan fingerprint density at radius 2 is 1.76 bits per heavy atom. The molecule has 2 aliphatic carbocycles. The van der Waals surface area contributed by atoms with Crippen molar-refractivity contribution in [3.05, 3.63) is 36.2 Å². The molecule has 1 N–H and O–H groups in total. The molecule has 5 aliphatic rings. The van der Waals surface area contributed by atoms with Crippen LogP contribution in [0.25, 0.3) is 22.3 Å². The first-order chi connectivity index (χ1) is 23.5. The summed E-state index contributed by atoms with van der Waals surface area (Å²) < 4.78 is 7.82. The Labute approximate surface area is 290 Å². The molecule has 8 rings (SSSR count). The number of esters is 1. The van der Waals surface area contributed by atoms with Crippen molar-refractivity contribution in [2.24, 2.45) is 0 Å². The lowest BCUT2D eigenvalue weighted by molar-refractivity contribution is -0.156. The Kier molecular flexibility index (Phi) is 8.25. The van der Waals surface area contributed by atoms with Gasteiger partial charge in [0.25, 0.3) is 0 Å². The van der Waals surface area contributed by atoms with Gasteiger partial charge in [-0.25, -0.2) is 9.97 Å². The van der Waals surface area contributed by atoms with Crippen LogP contribution < -0.4 is 10.2 Å². The molecule has 49 heavy (non-hydrogen) atoms. The van der Waals surface area contributed by atoms with Crippen molar-refractivity contribution in [1.82, 2.24) is 24.3 Å². The van der Waals surface area contributed by atoms with E-state index in [0.717, 1.165) is 65.0 Å². The summed E-state index contributed by atoms with van der Waals surface area (Å²) in [4.78, 5) is 44.5. The maximum atomic E-state index is 14.8. The number of anilines is 2. The highest BCUT2D eigenvalue weighted by Gasteiger charge is 2.55. The first-order valence-corrected chi connectivity index (χ1v) is 18.8. The minimum Gasteiger partial charge on any atom is -0.459 e. The molecule has 2 aromatic heterocycles. The molecule has 0 bridgehead atoms. The Hall–Kier alpha value is -3.50. The third-order valence-corrected chi connectivity index (χ3v) is 11.6. The molecule has 3 aliphatic heterocycles. The lowest BCUT2D eigenvalue weighted by Gasteiger charge is -2.48. The molecule has 1 aromatic carbocycles. The predicted molar refractivity (Wildman–Crippen MR) is 193 cm³/mol. The molecule has 2 saturated carbocycles. The topological polar surface area (TPSA) is 95.8 Å².